The number of benzene rings is 1. The van der Waals surface area contributed by atoms with E-state index in [2.05, 4.69) is 10.1 Å². The van der Waals surface area contributed by atoms with Gasteiger partial charge in [-0.3, -0.25) is 4.79 Å². The fraction of sp³-hybridized carbons (Fsp3) is 0.333. The van der Waals surface area contributed by atoms with Gasteiger partial charge in [-0.25, -0.2) is 14.3 Å². The Labute approximate surface area is 153 Å². The number of hydrogen-bond acceptors (Lipinski definition) is 5. The van der Waals surface area contributed by atoms with Crippen LogP contribution in [-0.2, 0) is 11.3 Å². The molecule has 26 heavy (non-hydrogen) atoms. The zero-order valence-electron chi connectivity index (χ0n) is 14.3. The van der Waals surface area contributed by atoms with E-state index >= 15 is 0 Å². The number of aliphatic carboxylic acids is 1. The van der Waals surface area contributed by atoms with Gasteiger partial charge in [0.05, 0.1) is 6.54 Å². The van der Waals surface area contributed by atoms with Gasteiger partial charge < -0.3 is 5.11 Å². The van der Waals surface area contributed by atoms with Crippen molar-refractivity contribution >= 4 is 27.4 Å². The summed E-state index contributed by atoms with van der Waals surface area (Å²) in [6, 6.07) is 10.7. The SMILES string of the molecule is Cc1cc(=O)n2nc([N@@+]3(Cc4ccccc4)CCCC3C(=O)O)sc2n1. The highest BCUT2D eigenvalue weighted by molar-refractivity contribution is 7.20. The van der Waals surface area contributed by atoms with Gasteiger partial charge in [0.2, 0.25) is 4.96 Å². The molecule has 7 nitrogen and oxygen atoms in total. The largest absolute Gasteiger partial charge is 0.477 e. The number of quaternary nitrogens is 1. The lowest BCUT2D eigenvalue weighted by Gasteiger charge is -2.34. The first-order chi connectivity index (χ1) is 12.5. The Morgan fingerprint density at radius 3 is 2.88 bits per heavy atom. The number of aromatic nitrogens is 3. The minimum Gasteiger partial charge on any atom is -0.477 e. The quantitative estimate of drug-likeness (QED) is 0.711. The van der Waals surface area contributed by atoms with Crippen LogP contribution in [0.25, 0.3) is 4.96 Å². The molecule has 1 unspecified atom stereocenters. The van der Waals surface area contributed by atoms with Gasteiger partial charge in [0.25, 0.3) is 5.56 Å². The molecular formula is C18H19N4O3S+. The molecule has 8 heteroatoms. The predicted octanol–water partition coefficient (Wildman–Crippen LogP) is 2.21. The molecule has 0 amide bonds. The summed E-state index contributed by atoms with van der Waals surface area (Å²) >= 11 is 1.31. The van der Waals surface area contributed by atoms with Crippen molar-refractivity contribution in [3.05, 3.63) is 58.0 Å². The number of rotatable bonds is 4. The number of likely N-dealkylation sites (tertiary alicyclic amines) is 1. The molecule has 0 aliphatic carbocycles. The van der Waals surface area contributed by atoms with Crippen LogP contribution in [0.1, 0.15) is 24.1 Å². The van der Waals surface area contributed by atoms with E-state index in [0.717, 1.165) is 12.0 Å². The van der Waals surface area contributed by atoms with Crippen LogP contribution in [-0.4, -0.2) is 38.3 Å². The highest BCUT2D eigenvalue weighted by Gasteiger charge is 2.50. The number of nitrogens with zero attached hydrogens (tertiary/aromatic N) is 4. The molecule has 2 aromatic heterocycles. The molecule has 4 rings (SSSR count). The zero-order chi connectivity index (χ0) is 18.3. The highest BCUT2D eigenvalue weighted by atomic mass is 32.1. The van der Waals surface area contributed by atoms with Crippen molar-refractivity contribution in [2.24, 2.45) is 0 Å². The lowest BCUT2D eigenvalue weighted by Crippen LogP contribution is -2.55. The van der Waals surface area contributed by atoms with Crippen molar-refractivity contribution in [3.8, 4) is 0 Å². The fourth-order valence-electron chi connectivity index (χ4n) is 3.79. The Bertz CT molecular complexity index is 1030. The Balaban J connectivity index is 1.89. The minimum atomic E-state index is -0.825. The van der Waals surface area contributed by atoms with Crippen molar-refractivity contribution in [2.75, 3.05) is 6.54 Å². The maximum absolute atomic E-state index is 12.2. The average molecular weight is 371 g/mol. The van der Waals surface area contributed by atoms with Crippen LogP contribution in [0.5, 0.6) is 0 Å². The summed E-state index contributed by atoms with van der Waals surface area (Å²) in [4.78, 5) is 29.1. The highest BCUT2D eigenvalue weighted by Crippen LogP contribution is 2.39. The van der Waals surface area contributed by atoms with Gasteiger partial charge in [-0.2, -0.15) is 4.52 Å². The van der Waals surface area contributed by atoms with E-state index in [9.17, 15) is 14.7 Å². The van der Waals surface area contributed by atoms with Crippen LogP contribution < -0.4 is 10.0 Å². The first kappa shape index (κ1) is 16.9. The van der Waals surface area contributed by atoms with Gasteiger partial charge in [0, 0.05) is 30.2 Å². The van der Waals surface area contributed by atoms with E-state index in [0.29, 0.717) is 35.3 Å². The summed E-state index contributed by atoms with van der Waals surface area (Å²) < 4.78 is 1.51. The molecule has 1 N–H and O–H groups in total. The molecule has 0 spiro atoms. The zero-order valence-corrected chi connectivity index (χ0v) is 15.1. The van der Waals surface area contributed by atoms with Crippen LogP contribution >= 0.6 is 11.3 Å². The number of hydrogen-bond donors (Lipinski definition) is 1. The molecule has 3 aromatic rings. The van der Waals surface area contributed by atoms with Gasteiger partial charge in [-0.1, -0.05) is 35.4 Å². The summed E-state index contributed by atoms with van der Waals surface area (Å²) in [5.41, 5.74) is 1.45. The molecular weight excluding hydrogens is 352 g/mol. The first-order valence-corrected chi connectivity index (χ1v) is 9.33. The normalized spacial score (nSPS) is 22.7. The second kappa shape index (κ2) is 6.30. The molecule has 0 saturated carbocycles. The minimum absolute atomic E-state index is 0.228. The number of fused-ring (bicyclic) bond motifs is 1. The van der Waals surface area contributed by atoms with Crippen molar-refractivity contribution in [2.45, 2.75) is 32.4 Å². The lowest BCUT2D eigenvalue weighted by atomic mass is 10.1. The maximum Gasteiger partial charge on any atom is 0.363 e. The van der Waals surface area contributed by atoms with Crippen LogP contribution in [0.15, 0.2) is 41.2 Å². The number of carbonyl (C=O) groups is 1. The van der Waals surface area contributed by atoms with Crippen LogP contribution in [0.2, 0.25) is 0 Å². The summed E-state index contributed by atoms with van der Waals surface area (Å²) in [6.07, 6.45) is 1.40. The number of aryl methyl sites for hydroxylation is 1. The van der Waals surface area contributed by atoms with E-state index in [1.54, 1.807) is 6.92 Å². The molecule has 1 saturated heterocycles. The second-order valence-corrected chi connectivity index (χ2v) is 7.65. The van der Waals surface area contributed by atoms with Crippen molar-refractivity contribution in [1.82, 2.24) is 19.1 Å². The third-order valence-corrected chi connectivity index (χ3v) is 6.04. The van der Waals surface area contributed by atoms with E-state index in [-0.39, 0.29) is 10.0 Å². The van der Waals surface area contributed by atoms with Gasteiger partial charge in [0.1, 0.15) is 6.54 Å². The lowest BCUT2D eigenvalue weighted by molar-refractivity contribution is -0.142. The van der Waals surface area contributed by atoms with E-state index in [1.165, 1.54) is 21.9 Å². The Morgan fingerprint density at radius 2 is 2.15 bits per heavy atom. The maximum atomic E-state index is 12.2. The van der Waals surface area contributed by atoms with Crippen molar-refractivity contribution in [1.29, 1.82) is 0 Å². The Hall–Kier alpha value is -2.58. The monoisotopic (exact) mass is 371 g/mol. The predicted molar refractivity (Wildman–Crippen MR) is 99.3 cm³/mol. The first-order valence-electron chi connectivity index (χ1n) is 8.51. The molecule has 134 valence electrons. The van der Waals surface area contributed by atoms with Crippen molar-refractivity contribution in [3.63, 3.8) is 0 Å². The van der Waals surface area contributed by atoms with Gasteiger partial charge in [0.15, 0.2) is 6.04 Å². The van der Waals surface area contributed by atoms with Crippen LogP contribution in [0, 0.1) is 6.92 Å². The summed E-state index contributed by atoms with van der Waals surface area (Å²) in [5, 5.41) is 15.0. The second-order valence-electron chi connectivity index (χ2n) is 6.71. The average Bonchev–Trinajstić information content (AvgIpc) is 3.21. The van der Waals surface area contributed by atoms with E-state index in [4.69, 9.17) is 0 Å². The topological polar surface area (TPSA) is 84.6 Å². The molecule has 3 heterocycles. The number of carboxylic acids is 1. The Kier molecular flexibility index (Phi) is 4.08. The molecule has 0 radical (unpaired) electrons. The molecule has 1 aliphatic rings. The molecule has 0 bridgehead atoms. The standard InChI is InChI=1S/C18H18N4O3S/c1-12-10-15(23)21-17(19-12)26-18(20-21)22(9-5-8-14(22)16(24)25)11-13-6-3-2-4-7-13/h2-4,6-7,10,14H,5,8-9,11H2,1H3/p+1/t14?,22-/m1/s1. The number of carboxylic acid groups (broad SMARTS) is 1. The summed E-state index contributed by atoms with van der Waals surface area (Å²) in [5.74, 6) is -0.825. The summed E-state index contributed by atoms with van der Waals surface area (Å²) in [6.45, 7) is 2.98. The third kappa shape index (κ3) is 2.71. The van der Waals surface area contributed by atoms with Gasteiger partial charge in [-0.15, -0.1) is 0 Å². The van der Waals surface area contributed by atoms with Gasteiger partial charge >= 0.3 is 11.1 Å². The summed E-state index contributed by atoms with van der Waals surface area (Å²) in [7, 11) is 0. The molecule has 1 aromatic carbocycles. The van der Waals surface area contributed by atoms with Crippen LogP contribution in [0.4, 0.5) is 5.13 Å². The molecule has 1 aliphatic heterocycles. The third-order valence-electron chi connectivity index (χ3n) is 4.97. The molecule has 2 atom stereocenters. The van der Waals surface area contributed by atoms with Crippen molar-refractivity contribution < 1.29 is 9.90 Å². The smallest absolute Gasteiger partial charge is 0.363 e. The Morgan fingerprint density at radius 1 is 1.38 bits per heavy atom. The van der Waals surface area contributed by atoms with E-state index in [1.807, 2.05) is 30.3 Å². The fourth-order valence-corrected chi connectivity index (χ4v) is 4.95. The van der Waals surface area contributed by atoms with E-state index < -0.39 is 12.0 Å². The van der Waals surface area contributed by atoms with Crippen LogP contribution in [0.3, 0.4) is 0 Å². The molecule has 1 fully saturated rings. The van der Waals surface area contributed by atoms with Gasteiger partial charge in [-0.05, 0) is 18.3 Å².